The first-order valence-corrected chi connectivity index (χ1v) is 6.35. The molecule has 0 saturated carbocycles. The van der Waals surface area contributed by atoms with E-state index in [2.05, 4.69) is 27.3 Å². The van der Waals surface area contributed by atoms with E-state index in [0.29, 0.717) is 0 Å². The summed E-state index contributed by atoms with van der Waals surface area (Å²) in [7, 11) is 1.65. The number of rotatable bonds is 3. The van der Waals surface area contributed by atoms with Gasteiger partial charge < -0.3 is 15.8 Å². The van der Waals surface area contributed by atoms with E-state index in [9.17, 15) is 0 Å². The van der Waals surface area contributed by atoms with Crippen LogP contribution >= 0.6 is 15.9 Å². The number of methoxy groups -OCH3 is 1. The van der Waals surface area contributed by atoms with Crippen LogP contribution in [-0.2, 0) is 0 Å². The van der Waals surface area contributed by atoms with Crippen LogP contribution in [0.2, 0.25) is 0 Å². The molecular formula is C14H15BrN2O. The lowest BCUT2D eigenvalue weighted by Gasteiger charge is -2.10. The molecule has 3 nitrogen and oxygen atoms in total. The maximum absolute atomic E-state index is 5.82. The number of hydrogen-bond acceptors (Lipinski definition) is 3. The molecule has 0 fully saturated rings. The van der Waals surface area contributed by atoms with E-state index in [-0.39, 0.29) is 0 Å². The number of anilines is 3. The molecule has 4 heteroatoms. The van der Waals surface area contributed by atoms with Crippen LogP contribution in [0.15, 0.2) is 40.9 Å². The zero-order valence-corrected chi connectivity index (χ0v) is 11.9. The lowest BCUT2D eigenvalue weighted by molar-refractivity contribution is 0.412. The molecule has 0 heterocycles. The number of ether oxygens (including phenoxy) is 1. The minimum absolute atomic E-state index is 0.755. The molecule has 0 aliphatic heterocycles. The van der Waals surface area contributed by atoms with Gasteiger partial charge in [0.2, 0.25) is 0 Å². The summed E-state index contributed by atoms with van der Waals surface area (Å²) >= 11 is 3.46. The Balaban J connectivity index is 2.25. The van der Waals surface area contributed by atoms with Crippen molar-refractivity contribution in [3.8, 4) is 5.75 Å². The van der Waals surface area contributed by atoms with Crippen molar-refractivity contribution in [1.82, 2.24) is 0 Å². The summed E-state index contributed by atoms with van der Waals surface area (Å²) in [5.74, 6) is 0.810. The molecule has 0 aromatic heterocycles. The Labute approximate surface area is 115 Å². The molecule has 0 amide bonds. The predicted octanol–water partition coefficient (Wildman–Crippen LogP) is 4.09. The maximum Gasteiger partial charge on any atom is 0.133 e. The molecule has 0 radical (unpaired) electrons. The fourth-order valence-corrected chi connectivity index (χ4v) is 2.34. The van der Waals surface area contributed by atoms with Gasteiger partial charge in [-0.2, -0.15) is 0 Å². The number of nitrogen functional groups attached to an aromatic ring is 1. The number of benzene rings is 2. The molecule has 0 spiro atoms. The number of aryl methyl sites for hydroxylation is 1. The first kappa shape index (κ1) is 12.8. The Kier molecular flexibility index (Phi) is 3.77. The van der Waals surface area contributed by atoms with Gasteiger partial charge in [-0.3, -0.25) is 0 Å². The monoisotopic (exact) mass is 306 g/mol. The zero-order valence-electron chi connectivity index (χ0n) is 10.3. The average Bonchev–Trinajstić information content (AvgIpc) is 2.27. The average molecular weight is 307 g/mol. The largest absolute Gasteiger partial charge is 0.496 e. The first-order valence-electron chi connectivity index (χ1n) is 5.56. The van der Waals surface area contributed by atoms with Gasteiger partial charge in [-0.25, -0.2) is 0 Å². The Morgan fingerprint density at radius 3 is 2.50 bits per heavy atom. The Bertz CT molecular complexity index is 549. The van der Waals surface area contributed by atoms with Crippen molar-refractivity contribution in [2.45, 2.75) is 6.92 Å². The summed E-state index contributed by atoms with van der Waals surface area (Å²) in [5, 5.41) is 3.31. The summed E-state index contributed by atoms with van der Waals surface area (Å²) in [4.78, 5) is 0. The Morgan fingerprint density at radius 1 is 1.11 bits per heavy atom. The van der Waals surface area contributed by atoms with E-state index >= 15 is 0 Å². The third-order valence-corrected chi connectivity index (χ3v) is 3.16. The lowest BCUT2D eigenvalue weighted by atomic mass is 10.2. The van der Waals surface area contributed by atoms with Crippen LogP contribution in [0.3, 0.4) is 0 Å². The Morgan fingerprint density at radius 2 is 1.89 bits per heavy atom. The molecule has 2 aromatic rings. The van der Waals surface area contributed by atoms with Gasteiger partial charge in [0.15, 0.2) is 0 Å². The van der Waals surface area contributed by atoms with Crippen LogP contribution < -0.4 is 15.8 Å². The van der Waals surface area contributed by atoms with Crippen molar-refractivity contribution >= 4 is 33.0 Å². The highest BCUT2D eigenvalue weighted by Gasteiger charge is 2.02. The minimum Gasteiger partial charge on any atom is -0.496 e. The molecule has 0 saturated heterocycles. The lowest BCUT2D eigenvalue weighted by Crippen LogP contribution is -1.94. The number of halogens is 1. The molecule has 2 rings (SSSR count). The molecule has 94 valence electrons. The van der Waals surface area contributed by atoms with Gasteiger partial charge in [0, 0.05) is 17.1 Å². The van der Waals surface area contributed by atoms with Crippen molar-refractivity contribution in [3.63, 3.8) is 0 Å². The van der Waals surface area contributed by atoms with Gasteiger partial charge in [0.25, 0.3) is 0 Å². The third-order valence-electron chi connectivity index (χ3n) is 2.54. The van der Waals surface area contributed by atoms with Crippen LogP contribution in [0.1, 0.15) is 5.56 Å². The second kappa shape index (κ2) is 5.31. The summed E-state index contributed by atoms with van der Waals surface area (Å²) in [6.45, 7) is 2.02. The summed E-state index contributed by atoms with van der Waals surface area (Å²) in [5.41, 5.74) is 9.66. The van der Waals surface area contributed by atoms with Crippen molar-refractivity contribution < 1.29 is 4.74 Å². The van der Waals surface area contributed by atoms with Crippen molar-refractivity contribution in [1.29, 1.82) is 0 Å². The molecular weight excluding hydrogens is 292 g/mol. The molecule has 0 atom stereocenters. The van der Waals surface area contributed by atoms with E-state index in [1.165, 1.54) is 0 Å². The number of hydrogen-bond donors (Lipinski definition) is 2. The minimum atomic E-state index is 0.755. The van der Waals surface area contributed by atoms with E-state index in [1.54, 1.807) is 7.11 Å². The van der Waals surface area contributed by atoms with Gasteiger partial charge in [-0.15, -0.1) is 0 Å². The van der Waals surface area contributed by atoms with Gasteiger partial charge in [-0.05, 0) is 64.8 Å². The molecule has 0 aliphatic carbocycles. The second-order valence-corrected chi connectivity index (χ2v) is 4.96. The second-order valence-electron chi connectivity index (χ2n) is 4.11. The van der Waals surface area contributed by atoms with Gasteiger partial charge in [0.05, 0.1) is 11.6 Å². The predicted molar refractivity (Wildman–Crippen MR) is 79.6 cm³/mol. The molecule has 0 bridgehead atoms. The van der Waals surface area contributed by atoms with Crippen LogP contribution in [0.5, 0.6) is 5.75 Å². The van der Waals surface area contributed by atoms with Crippen LogP contribution in [0, 0.1) is 6.92 Å². The highest BCUT2D eigenvalue weighted by molar-refractivity contribution is 9.10. The van der Waals surface area contributed by atoms with E-state index in [0.717, 1.165) is 32.8 Å². The first-order chi connectivity index (χ1) is 8.58. The summed E-state index contributed by atoms with van der Waals surface area (Å²) in [6.07, 6.45) is 0. The number of nitrogens with two attached hydrogens (primary N) is 1. The highest BCUT2D eigenvalue weighted by atomic mass is 79.9. The summed E-state index contributed by atoms with van der Waals surface area (Å²) in [6, 6.07) is 11.7. The van der Waals surface area contributed by atoms with Crippen molar-refractivity contribution in [2.24, 2.45) is 0 Å². The highest BCUT2D eigenvalue weighted by Crippen LogP contribution is 2.29. The van der Waals surface area contributed by atoms with Gasteiger partial charge in [-0.1, -0.05) is 0 Å². The molecule has 0 aliphatic rings. The van der Waals surface area contributed by atoms with E-state index < -0.39 is 0 Å². The van der Waals surface area contributed by atoms with Crippen LogP contribution in [0.25, 0.3) is 0 Å². The molecule has 3 N–H and O–H groups in total. The topological polar surface area (TPSA) is 47.3 Å². The number of nitrogens with one attached hydrogen (secondary N) is 1. The van der Waals surface area contributed by atoms with E-state index in [4.69, 9.17) is 10.5 Å². The quantitative estimate of drug-likeness (QED) is 0.840. The van der Waals surface area contributed by atoms with Crippen LogP contribution in [-0.4, -0.2) is 7.11 Å². The molecule has 18 heavy (non-hydrogen) atoms. The van der Waals surface area contributed by atoms with Crippen molar-refractivity contribution in [3.05, 3.63) is 46.4 Å². The normalized spacial score (nSPS) is 10.2. The third kappa shape index (κ3) is 2.96. The SMILES string of the molecule is COc1ccc(Nc2cc(C)cc(N)c2)cc1Br. The van der Waals surface area contributed by atoms with Gasteiger partial charge in [0.1, 0.15) is 5.75 Å². The summed E-state index contributed by atoms with van der Waals surface area (Å²) < 4.78 is 6.11. The molecule has 2 aromatic carbocycles. The fourth-order valence-electron chi connectivity index (χ4n) is 1.80. The zero-order chi connectivity index (χ0) is 13.1. The van der Waals surface area contributed by atoms with Crippen LogP contribution in [0.4, 0.5) is 17.1 Å². The van der Waals surface area contributed by atoms with E-state index in [1.807, 2.05) is 37.3 Å². The fraction of sp³-hybridized carbons (Fsp3) is 0.143. The standard InChI is InChI=1S/C14H15BrN2O/c1-9-5-10(16)7-12(6-9)17-11-3-4-14(18-2)13(15)8-11/h3-8,17H,16H2,1-2H3. The van der Waals surface area contributed by atoms with Crippen molar-refractivity contribution in [2.75, 3.05) is 18.2 Å². The molecule has 0 unspecified atom stereocenters. The maximum atomic E-state index is 5.82. The van der Waals surface area contributed by atoms with Gasteiger partial charge >= 0.3 is 0 Å². The Hall–Kier alpha value is -1.68. The smallest absolute Gasteiger partial charge is 0.133 e.